The molecule has 1 atom stereocenters. The highest BCUT2D eigenvalue weighted by Gasteiger charge is 2.26. The third kappa shape index (κ3) is 4.81. The first-order valence-corrected chi connectivity index (χ1v) is 15.0. The van der Waals surface area contributed by atoms with E-state index in [1.807, 2.05) is 23.1 Å². The molecule has 0 saturated carbocycles. The van der Waals surface area contributed by atoms with Gasteiger partial charge < -0.3 is 9.64 Å². The number of anilines is 1. The Bertz CT molecular complexity index is 1560. The van der Waals surface area contributed by atoms with Crippen LogP contribution >= 0.6 is 23.1 Å². The van der Waals surface area contributed by atoms with Crippen molar-refractivity contribution in [3.63, 3.8) is 0 Å². The average Bonchev–Trinajstić information content (AvgIpc) is 3.49. The summed E-state index contributed by atoms with van der Waals surface area (Å²) in [7, 11) is 1.73. The number of hydrogen-bond acceptors (Lipinski definition) is 4. The number of aromatic nitrogens is 1. The fraction of sp³-hybridized carbons (Fsp3) is 0.242. The van der Waals surface area contributed by atoms with Crippen molar-refractivity contribution in [1.29, 1.82) is 0 Å². The number of para-hydroxylation sites is 2. The summed E-state index contributed by atoms with van der Waals surface area (Å²) in [6.07, 6.45) is 9.35. The molecule has 0 bridgehead atoms. The maximum absolute atomic E-state index is 5.43. The Kier molecular flexibility index (Phi) is 7.14. The van der Waals surface area contributed by atoms with E-state index in [2.05, 4.69) is 114 Å². The highest BCUT2D eigenvalue weighted by molar-refractivity contribution is 8.03. The van der Waals surface area contributed by atoms with Gasteiger partial charge in [0.15, 0.2) is 0 Å². The molecule has 2 aliphatic rings. The summed E-state index contributed by atoms with van der Waals surface area (Å²) in [5, 5.41) is 2.64. The Morgan fingerprint density at radius 2 is 1.74 bits per heavy atom. The first-order chi connectivity index (χ1) is 18.7. The molecular weight excluding hydrogens is 505 g/mol. The average molecular weight is 538 g/mol. The van der Waals surface area contributed by atoms with Gasteiger partial charge in [0.2, 0.25) is 5.52 Å². The summed E-state index contributed by atoms with van der Waals surface area (Å²) in [4.78, 5) is 3.78. The number of rotatable bonds is 6. The Labute approximate surface area is 233 Å². The van der Waals surface area contributed by atoms with Crippen LogP contribution in [0.2, 0.25) is 0 Å². The number of hydrogen-bond donors (Lipinski definition) is 0. The number of methoxy groups -OCH3 is 1. The lowest BCUT2D eigenvalue weighted by Gasteiger charge is -2.25. The Morgan fingerprint density at radius 1 is 0.947 bits per heavy atom. The zero-order chi connectivity index (χ0) is 26.1. The minimum absolute atomic E-state index is 0.428. The van der Waals surface area contributed by atoms with Crippen molar-refractivity contribution in [1.82, 2.24) is 0 Å². The van der Waals surface area contributed by atoms with E-state index >= 15 is 0 Å². The molecule has 192 valence electrons. The molecule has 0 amide bonds. The SMILES string of the molecule is CCN1C(=CC2=CC(=Cc3sc4ccccc4[n+]3CC)CC(c3ccc(OC)cc3)C2)Sc2ccccc21. The van der Waals surface area contributed by atoms with Gasteiger partial charge in [-0.1, -0.05) is 65.6 Å². The summed E-state index contributed by atoms with van der Waals surface area (Å²) in [6.45, 7) is 6.41. The topological polar surface area (TPSA) is 16.4 Å². The third-order valence-corrected chi connectivity index (χ3v) is 9.67. The van der Waals surface area contributed by atoms with Crippen LogP contribution in [0.4, 0.5) is 5.69 Å². The van der Waals surface area contributed by atoms with Gasteiger partial charge in [-0.05, 0) is 85.7 Å². The molecular formula is C33H33N2OS2+. The molecule has 38 heavy (non-hydrogen) atoms. The molecule has 2 heterocycles. The zero-order valence-electron chi connectivity index (χ0n) is 22.2. The number of thioether (sulfide) groups is 1. The second-order valence-electron chi connectivity index (χ2n) is 9.77. The van der Waals surface area contributed by atoms with Crippen molar-refractivity contribution < 1.29 is 9.30 Å². The van der Waals surface area contributed by atoms with Crippen LogP contribution in [0, 0.1) is 0 Å². The lowest BCUT2D eigenvalue weighted by Crippen LogP contribution is -2.33. The molecule has 1 aromatic heterocycles. The van der Waals surface area contributed by atoms with Crippen LogP contribution < -0.4 is 14.2 Å². The van der Waals surface area contributed by atoms with Crippen molar-refractivity contribution in [2.24, 2.45) is 0 Å². The van der Waals surface area contributed by atoms with Gasteiger partial charge in [0.05, 0.1) is 17.8 Å². The monoisotopic (exact) mass is 537 g/mol. The minimum atomic E-state index is 0.428. The number of nitrogens with zero attached hydrogens (tertiary/aromatic N) is 2. The molecule has 3 nitrogen and oxygen atoms in total. The molecule has 1 unspecified atom stereocenters. The third-order valence-electron chi connectivity index (χ3n) is 7.45. The highest BCUT2D eigenvalue weighted by atomic mass is 32.2. The van der Waals surface area contributed by atoms with Gasteiger partial charge in [-0.15, -0.1) is 0 Å². The van der Waals surface area contributed by atoms with E-state index in [0.29, 0.717) is 5.92 Å². The molecule has 4 aromatic rings. The number of aryl methyl sites for hydroxylation is 1. The van der Waals surface area contributed by atoms with E-state index in [1.165, 1.54) is 47.5 Å². The number of allylic oxidation sites excluding steroid dienone is 4. The van der Waals surface area contributed by atoms with Gasteiger partial charge in [0.25, 0.3) is 5.01 Å². The van der Waals surface area contributed by atoms with Gasteiger partial charge in [-0.3, -0.25) is 0 Å². The van der Waals surface area contributed by atoms with Gasteiger partial charge in [-0.2, -0.15) is 4.57 Å². The van der Waals surface area contributed by atoms with Crippen LogP contribution in [0.3, 0.4) is 0 Å². The van der Waals surface area contributed by atoms with Gasteiger partial charge in [-0.25, -0.2) is 0 Å². The summed E-state index contributed by atoms with van der Waals surface area (Å²) < 4.78 is 9.22. The number of benzene rings is 3. The standard InChI is InChI=1S/C33H33N2OS2/c1-4-34-28-10-6-8-12-30(28)37-32(34)21-23-18-24(20-26(19-23)25-14-16-27(36-3)17-15-25)22-33-35(5-2)29-11-7-9-13-31(29)38-33/h6-18,21-22,26H,4-5,19-20H2,1-3H3/q+1. The fourth-order valence-corrected chi connectivity index (χ4v) is 8.01. The predicted octanol–water partition coefficient (Wildman–Crippen LogP) is 8.58. The summed E-state index contributed by atoms with van der Waals surface area (Å²) in [5.41, 5.74) is 6.79. The number of ether oxygens (including phenoxy) is 1. The lowest BCUT2D eigenvalue weighted by atomic mass is 9.81. The molecule has 0 spiro atoms. The molecule has 0 fully saturated rings. The minimum Gasteiger partial charge on any atom is -0.497 e. The summed E-state index contributed by atoms with van der Waals surface area (Å²) >= 11 is 3.77. The Balaban J connectivity index is 1.41. The van der Waals surface area contributed by atoms with Crippen molar-refractivity contribution in [3.05, 3.63) is 112 Å². The molecule has 0 N–H and O–H groups in total. The van der Waals surface area contributed by atoms with Crippen LogP contribution in [0.5, 0.6) is 5.75 Å². The largest absolute Gasteiger partial charge is 0.497 e. The maximum atomic E-state index is 5.43. The van der Waals surface area contributed by atoms with Crippen molar-refractivity contribution in [2.45, 2.75) is 44.0 Å². The van der Waals surface area contributed by atoms with E-state index in [9.17, 15) is 0 Å². The second kappa shape index (κ2) is 10.8. The van der Waals surface area contributed by atoms with E-state index in [-0.39, 0.29) is 0 Å². The Hall–Kier alpha value is -3.28. The normalized spacial score (nSPS) is 19.3. The van der Waals surface area contributed by atoms with Crippen LogP contribution in [0.15, 0.2) is 106 Å². The molecule has 6 rings (SSSR count). The molecule has 0 radical (unpaired) electrons. The van der Waals surface area contributed by atoms with E-state index in [0.717, 1.165) is 31.7 Å². The quantitative estimate of drug-likeness (QED) is 0.229. The van der Waals surface area contributed by atoms with Gasteiger partial charge in [0.1, 0.15) is 17.0 Å². The van der Waals surface area contributed by atoms with Crippen LogP contribution in [0.1, 0.15) is 43.2 Å². The fourth-order valence-electron chi connectivity index (χ4n) is 5.60. The van der Waals surface area contributed by atoms with Gasteiger partial charge in [0, 0.05) is 23.6 Å². The summed E-state index contributed by atoms with van der Waals surface area (Å²) in [5.74, 6) is 1.34. The van der Waals surface area contributed by atoms with Crippen molar-refractivity contribution >= 4 is 45.1 Å². The smallest absolute Gasteiger partial charge is 0.263 e. The van der Waals surface area contributed by atoms with Crippen molar-refractivity contribution in [3.8, 4) is 5.75 Å². The van der Waals surface area contributed by atoms with Crippen LogP contribution in [-0.2, 0) is 6.54 Å². The van der Waals surface area contributed by atoms with Crippen molar-refractivity contribution in [2.75, 3.05) is 18.6 Å². The second-order valence-corrected chi connectivity index (χ2v) is 11.9. The van der Waals surface area contributed by atoms with E-state index in [1.54, 1.807) is 7.11 Å². The maximum Gasteiger partial charge on any atom is 0.263 e. The van der Waals surface area contributed by atoms with E-state index in [4.69, 9.17) is 4.74 Å². The molecule has 0 saturated heterocycles. The number of fused-ring (bicyclic) bond motifs is 2. The molecule has 1 aliphatic carbocycles. The zero-order valence-corrected chi connectivity index (χ0v) is 23.8. The molecule has 1 aliphatic heterocycles. The lowest BCUT2D eigenvalue weighted by molar-refractivity contribution is -0.665. The van der Waals surface area contributed by atoms with Gasteiger partial charge >= 0.3 is 0 Å². The molecule has 5 heteroatoms. The first-order valence-electron chi connectivity index (χ1n) is 13.4. The van der Waals surface area contributed by atoms with Crippen LogP contribution in [-0.4, -0.2) is 13.7 Å². The summed E-state index contributed by atoms with van der Waals surface area (Å²) in [6, 6.07) is 26.1. The number of thiazole rings is 1. The predicted molar refractivity (Wildman–Crippen MR) is 162 cm³/mol. The van der Waals surface area contributed by atoms with Crippen LogP contribution in [0.25, 0.3) is 16.3 Å². The van der Waals surface area contributed by atoms with E-state index < -0.39 is 0 Å². The Morgan fingerprint density at radius 3 is 2.53 bits per heavy atom. The molecule has 3 aromatic carbocycles. The highest BCUT2D eigenvalue weighted by Crippen LogP contribution is 2.47. The first kappa shape index (κ1) is 25.0.